The Labute approximate surface area is 98.0 Å². The van der Waals surface area contributed by atoms with E-state index in [1.807, 2.05) is 19.2 Å². The lowest BCUT2D eigenvalue weighted by Crippen LogP contribution is -2.34. The molecule has 2 N–H and O–H groups in total. The van der Waals surface area contributed by atoms with E-state index in [4.69, 9.17) is 5.73 Å². The van der Waals surface area contributed by atoms with Crippen molar-refractivity contribution in [2.24, 2.45) is 10.7 Å². The fraction of sp³-hybridized carbons (Fsp3) is 0.500. The normalized spacial score (nSPS) is 20.4. The molecule has 1 atom stereocenters. The summed E-state index contributed by atoms with van der Waals surface area (Å²) >= 11 is 1.56. The van der Waals surface area contributed by atoms with Gasteiger partial charge in [-0.25, -0.2) is 9.78 Å². The molecule has 0 bridgehead atoms. The Kier molecular flexibility index (Phi) is 2.91. The molecule has 2 heterocycles. The predicted octanol–water partition coefficient (Wildman–Crippen LogP) is 1.70. The molecule has 1 unspecified atom stereocenters. The van der Waals surface area contributed by atoms with E-state index < -0.39 is 0 Å². The number of urea groups is 1. The summed E-state index contributed by atoms with van der Waals surface area (Å²) in [6, 6.07) is -0.521. The smallest absolute Gasteiger partial charge is 0.346 e. The van der Waals surface area contributed by atoms with Gasteiger partial charge in [0.05, 0.1) is 10.7 Å². The number of rotatable bonds is 3. The van der Waals surface area contributed by atoms with E-state index in [9.17, 15) is 4.79 Å². The Bertz CT molecular complexity index is 440. The van der Waals surface area contributed by atoms with Crippen LogP contribution in [0.25, 0.3) is 0 Å². The molecular formula is C10H14N4OS. The van der Waals surface area contributed by atoms with E-state index in [0.717, 1.165) is 17.1 Å². The minimum absolute atomic E-state index is 0.255. The molecule has 1 aromatic rings. The molecule has 0 saturated heterocycles. The van der Waals surface area contributed by atoms with Crippen LogP contribution in [0.2, 0.25) is 0 Å². The highest BCUT2D eigenvalue weighted by molar-refractivity contribution is 7.09. The topological polar surface area (TPSA) is 71.6 Å². The lowest BCUT2D eigenvalue weighted by atomic mass is 10.2. The molecule has 0 spiro atoms. The first-order chi connectivity index (χ1) is 7.63. The lowest BCUT2D eigenvalue weighted by molar-refractivity contribution is 0.206. The number of hydrogen-bond donors (Lipinski definition) is 1. The Balaban J connectivity index is 2.30. The molecule has 1 aromatic heterocycles. The van der Waals surface area contributed by atoms with Crippen molar-refractivity contribution in [2.45, 2.75) is 26.3 Å². The van der Waals surface area contributed by atoms with Gasteiger partial charge in [0.1, 0.15) is 11.9 Å². The van der Waals surface area contributed by atoms with Crippen molar-refractivity contribution in [2.75, 3.05) is 6.54 Å². The molecule has 1 aliphatic heterocycles. The fourth-order valence-corrected chi connectivity index (χ4v) is 2.42. The first kappa shape index (κ1) is 11.1. The molecule has 1 aliphatic rings. The van der Waals surface area contributed by atoms with E-state index in [1.165, 1.54) is 0 Å². The summed E-state index contributed by atoms with van der Waals surface area (Å²) < 4.78 is 0. The monoisotopic (exact) mass is 238 g/mol. The van der Waals surface area contributed by atoms with E-state index in [2.05, 4.69) is 9.98 Å². The molecule has 2 rings (SSSR count). The van der Waals surface area contributed by atoms with Crippen molar-refractivity contribution in [3.63, 3.8) is 0 Å². The molecule has 0 radical (unpaired) electrons. The molecule has 0 aliphatic carbocycles. The zero-order valence-electron chi connectivity index (χ0n) is 9.30. The van der Waals surface area contributed by atoms with Crippen LogP contribution < -0.4 is 5.73 Å². The molecular weight excluding hydrogens is 224 g/mol. The number of hydrogen-bond acceptors (Lipinski definition) is 4. The number of amidine groups is 1. The zero-order chi connectivity index (χ0) is 11.7. The van der Waals surface area contributed by atoms with Gasteiger partial charge < -0.3 is 10.6 Å². The minimum Gasteiger partial charge on any atom is -0.385 e. The number of aromatic nitrogens is 1. The highest BCUT2D eigenvalue weighted by Gasteiger charge is 2.35. The fourth-order valence-electron chi connectivity index (χ4n) is 1.79. The van der Waals surface area contributed by atoms with Crippen LogP contribution in [0, 0.1) is 6.92 Å². The maximum absolute atomic E-state index is 11.6. The van der Waals surface area contributed by atoms with Gasteiger partial charge in [-0.1, -0.05) is 6.92 Å². The number of nitrogens with zero attached hydrogens (tertiary/aromatic N) is 3. The van der Waals surface area contributed by atoms with Gasteiger partial charge in [0, 0.05) is 11.9 Å². The molecule has 16 heavy (non-hydrogen) atoms. The van der Waals surface area contributed by atoms with Crippen LogP contribution >= 0.6 is 11.3 Å². The van der Waals surface area contributed by atoms with Crippen LogP contribution in [-0.2, 0) is 0 Å². The second-order valence-electron chi connectivity index (χ2n) is 3.71. The first-order valence-corrected chi connectivity index (χ1v) is 6.08. The summed E-state index contributed by atoms with van der Waals surface area (Å²) in [5.74, 6) is 0.351. The third kappa shape index (κ3) is 1.80. The van der Waals surface area contributed by atoms with Crippen LogP contribution in [-0.4, -0.2) is 28.3 Å². The number of amides is 2. The predicted molar refractivity (Wildman–Crippen MR) is 63.6 cm³/mol. The molecule has 2 amide bonds. The minimum atomic E-state index is -0.266. The lowest BCUT2D eigenvalue weighted by Gasteiger charge is -2.21. The number of nitrogens with two attached hydrogens (primary N) is 1. The highest BCUT2D eigenvalue weighted by atomic mass is 32.1. The summed E-state index contributed by atoms with van der Waals surface area (Å²) in [4.78, 5) is 21.4. The van der Waals surface area contributed by atoms with Crippen molar-refractivity contribution in [3.8, 4) is 0 Å². The summed E-state index contributed by atoms with van der Waals surface area (Å²) in [5, 5.41) is 2.91. The van der Waals surface area contributed by atoms with E-state index in [0.29, 0.717) is 12.4 Å². The highest BCUT2D eigenvalue weighted by Crippen LogP contribution is 2.27. The molecule has 5 nitrogen and oxygen atoms in total. The largest absolute Gasteiger partial charge is 0.385 e. The standard InChI is InChI=1S/C10H14N4OS/c1-3-4-14-8(9(11)13-10(14)15)7-5-16-6(2)12-7/h5,8H,3-4H2,1-2H3,(H2,11,13,15). The van der Waals surface area contributed by atoms with Gasteiger partial charge in [-0.2, -0.15) is 4.99 Å². The number of aryl methyl sites for hydroxylation is 1. The van der Waals surface area contributed by atoms with Gasteiger partial charge in [-0.05, 0) is 13.3 Å². The molecule has 0 aromatic carbocycles. The van der Waals surface area contributed by atoms with Gasteiger partial charge in [0.25, 0.3) is 0 Å². The van der Waals surface area contributed by atoms with Gasteiger partial charge in [0.15, 0.2) is 0 Å². The Morgan fingerprint density at radius 1 is 1.62 bits per heavy atom. The number of carbonyl (C=O) groups excluding carboxylic acids is 1. The van der Waals surface area contributed by atoms with Gasteiger partial charge in [0.2, 0.25) is 0 Å². The van der Waals surface area contributed by atoms with Crippen molar-refractivity contribution >= 4 is 23.2 Å². The molecule has 0 saturated carbocycles. The first-order valence-electron chi connectivity index (χ1n) is 5.20. The summed E-state index contributed by atoms with van der Waals surface area (Å²) in [6.07, 6.45) is 0.883. The third-order valence-corrected chi connectivity index (χ3v) is 3.24. The zero-order valence-corrected chi connectivity index (χ0v) is 10.1. The van der Waals surface area contributed by atoms with Crippen molar-refractivity contribution in [1.29, 1.82) is 0 Å². The molecule has 0 fully saturated rings. The Hall–Kier alpha value is -1.43. The third-order valence-electron chi connectivity index (χ3n) is 2.44. The van der Waals surface area contributed by atoms with Crippen LogP contribution in [0.1, 0.15) is 30.1 Å². The molecule has 86 valence electrons. The second kappa shape index (κ2) is 4.21. The Morgan fingerprint density at radius 2 is 2.38 bits per heavy atom. The quantitative estimate of drug-likeness (QED) is 0.871. The maximum Gasteiger partial charge on any atom is 0.346 e. The SMILES string of the molecule is CCCN1C(=O)N=C(N)C1c1csc(C)n1. The number of thiazole rings is 1. The van der Waals surface area contributed by atoms with Gasteiger partial charge >= 0.3 is 6.03 Å². The molecule has 6 heteroatoms. The van der Waals surface area contributed by atoms with Crippen LogP contribution in [0.4, 0.5) is 4.79 Å². The summed E-state index contributed by atoms with van der Waals surface area (Å²) in [5.41, 5.74) is 6.61. The van der Waals surface area contributed by atoms with Crippen molar-refractivity contribution < 1.29 is 4.79 Å². The maximum atomic E-state index is 11.6. The summed E-state index contributed by atoms with van der Waals surface area (Å²) in [7, 11) is 0. The van der Waals surface area contributed by atoms with Gasteiger partial charge in [-0.15, -0.1) is 11.3 Å². The number of aliphatic imine (C=N–C) groups is 1. The van der Waals surface area contributed by atoms with E-state index in [-0.39, 0.29) is 12.1 Å². The van der Waals surface area contributed by atoms with Crippen LogP contribution in [0.5, 0.6) is 0 Å². The number of carbonyl (C=O) groups is 1. The van der Waals surface area contributed by atoms with E-state index in [1.54, 1.807) is 16.2 Å². The van der Waals surface area contributed by atoms with Crippen molar-refractivity contribution in [1.82, 2.24) is 9.88 Å². The van der Waals surface area contributed by atoms with Crippen LogP contribution in [0.3, 0.4) is 0 Å². The average Bonchev–Trinajstić information content (AvgIpc) is 2.73. The van der Waals surface area contributed by atoms with Crippen LogP contribution in [0.15, 0.2) is 10.4 Å². The van der Waals surface area contributed by atoms with Gasteiger partial charge in [-0.3, -0.25) is 0 Å². The summed E-state index contributed by atoms with van der Waals surface area (Å²) in [6.45, 7) is 4.61. The van der Waals surface area contributed by atoms with E-state index >= 15 is 0 Å². The van der Waals surface area contributed by atoms with Crippen molar-refractivity contribution in [3.05, 3.63) is 16.1 Å². The Morgan fingerprint density at radius 3 is 2.94 bits per heavy atom. The average molecular weight is 238 g/mol. The second-order valence-corrected chi connectivity index (χ2v) is 4.77.